The molecule has 242 valence electrons. The quantitative estimate of drug-likeness (QED) is 0.117. The summed E-state index contributed by atoms with van der Waals surface area (Å²) >= 11 is 5.90. The van der Waals surface area contributed by atoms with Crippen molar-refractivity contribution in [2.75, 3.05) is 0 Å². The number of carbonyl (C=O) groups excluding carboxylic acids is 1. The molecule has 1 heterocycles. The Hall–Kier alpha value is -4.44. The molecular formula is C34H40ClF3N4O3. The number of allylic oxidation sites excluding steroid dienone is 6. The van der Waals surface area contributed by atoms with Crippen molar-refractivity contribution in [1.82, 2.24) is 20.1 Å². The van der Waals surface area contributed by atoms with Gasteiger partial charge in [-0.15, -0.1) is 18.3 Å². The predicted molar refractivity (Wildman–Crippen MR) is 174 cm³/mol. The van der Waals surface area contributed by atoms with E-state index in [-0.39, 0.29) is 23.8 Å². The summed E-state index contributed by atoms with van der Waals surface area (Å²) in [6.45, 7) is 14.8. The van der Waals surface area contributed by atoms with Crippen LogP contribution in [0.15, 0.2) is 92.1 Å². The summed E-state index contributed by atoms with van der Waals surface area (Å²) in [5.41, 5.74) is 0.167. The van der Waals surface area contributed by atoms with E-state index in [1.54, 1.807) is 42.5 Å². The summed E-state index contributed by atoms with van der Waals surface area (Å²) in [4.78, 5) is 29.7. The number of hydrogen-bond donors (Lipinski definition) is 2. The molecule has 0 fully saturated rings. The van der Waals surface area contributed by atoms with E-state index in [4.69, 9.17) is 11.6 Å². The van der Waals surface area contributed by atoms with Crippen molar-refractivity contribution in [1.29, 1.82) is 0 Å². The molecule has 45 heavy (non-hydrogen) atoms. The summed E-state index contributed by atoms with van der Waals surface area (Å²) in [6, 6.07) is 9.40. The minimum atomic E-state index is -4.63. The van der Waals surface area contributed by atoms with Gasteiger partial charge in [0.05, 0.1) is 11.3 Å². The number of halogens is 4. The van der Waals surface area contributed by atoms with Gasteiger partial charge < -0.3 is 10.4 Å². The van der Waals surface area contributed by atoms with E-state index in [0.29, 0.717) is 29.0 Å². The van der Waals surface area contributed by atoms with Gasteiger partial charge in [0.15, 0.2) is 5.82 Å². The average Bonchev–Trinajstić information content (AvgIpc) is 3.46. The predicted octanol–water partition coefficient (Wildman–Crippen LogP) is 8.90. The van der Waals surface area contributed by atoms with Gasteiger partial charge >= 0.3 is 12.1 Å². The number of carboxylic acid groups (broad SMARTS) is 1. The first-order chi connectivity index (χ1) is 21.4. The lowest BCUT2D eigenvalue weighted by Crippen LogP contribution is -2.43. The molecule has 11 heteroatoms. The number of alkyl halides is 3. The van der Waals surface area contributed by atoms with Gasteiger partial charge in [0.25, 0.3) is 5.91 Å². The van der Waals surface area contributed by atoms with E-state index in [1.165, 1.54) is 12.1 Å². The molecular weight excluding hydrogens is 605 g/mol. The molecule has 1 unspecified atom stereocenters. The Kier molecular flexibility index (Phi) is 16.9. The van der Waals surface area contributed by atoms with Crippen molar-refractivity contribution >= 4 is 29.1 Å². The Balaban J connectivity index is 0.00000191. The van der Waals surface area contributed by atoms with Gasteiger partial charge in [-0.3, -0.25) is 4.79 Å². The van der Waals surface area contributed by atoms with Crippen LogP contribution in [0.1, 0.15) is 74.5 Å². The molecule has 0 aliphatic heterocycles. The lowest BCUT2D eigenvalue weighted by atomic mass is 10.1. The number of amides is 1. The molecule has 3 rings (SSSR count). The van der Waals surface area contributed by atoms with Crippen molar-refractivity contribution in [3.8, 4) is 5.69 Å². The third-order valence-corrected chi connectivity index (χ3v) is 5.95. The molecule has 3 aromatic rings. The topological polar surface area (TPSA) is 97.1 Å². The summed E-state index contributed by atoms with van der Waals surface area (Å²) in [5, 5.41) is 17.0. The van der Waals surface area contributed by atoms with E-state index in [9.17, 15) is 27.9 Å². The Morgan fingerprint density at radius 3 is 2.31 bits per heavy atom. The summed E-state index contributed by atoms with van der Waals surface area (Å²) in [5.74, 6) is -2.48. The van der Waals surface area contributed by atoms with Crippen LogP contribution in [0.3, 0.4) is 0 Å². The zero-order valence-electron chi connectivity index (χ0n) is 25.9. The molecule has 0 aliphatic carbocycles. The highest BCUT2D eigenvalue weighted by Crippen LogP contribution is 2.30. The maximum Gasteiger partial charge on any atom is 0.416 e. The van der Waals surface area contributed by atoms with E-state index in [0.717, 1.165) is 23.2 Å². The first kappa shape index (κ1) is 38.6. The second-order valence-electron chi connectivity index (χ2n) is 9.16. The Bertz CT molecular complexity index is 1460. The number of hydrogen-bond acceptors (Lipinski definition) is 4. The summed E-state index contributed by atoms with van der Waals surface area (Å²) in [6.07, 6.45) is 6.31. The first-order valence-electron chi connectivity index (χ1n) is 14.4. The second kappa shape index (κ2) is 19.8. The van der Waals surface area contributed by atoms with Crippen LogP contribution >= 0.6 is 11.6 Å². The van der Waals surface area contributed by atoms with Crippen LogP contribution in [0.25, 0.3) is 11.3 Å². The molecule has 7 nitrogen and oxygen atoms in total. The van der Waals surface area contributed by atoms with Crippen molar-refractivity contribution in [3.05, 3.63) is 120 Å². The van der Waals surface area contributed by atoms with Crippen LogP contribution in [0.5, 0.6) is 0 Å². The van der Waals surface area contributed by atoms with Gasteiger partial charge in [-0.2, -0.15) is 13.2 Å². The van der Waals surface area contributed by atoms with Gasteiger partial charge in [0.1, 0.15) is 6.04 Å². The third kappa shape index (κ3) is 12.6. The van der Waals surface area contributed by atoms with Crippen LogP contribution < -0.4 is 5.32 Å². The third-order valence-electron chi connectivity index (χ3n) is 5.70. The molecule has 1 atom stereocenters. The SMILES string of the molecule is C=CC.C=CCC/C=C\C(=C/CC)c1nc(C(=O)NC(Cc2ccc(Cl)cc2)C(=O)O)n(-c2cccc(C(F)(F)F)c2)n1.CC. The fourth-order valence-corrected chi connectivity index (χ4v) is 3.86. The minimum absolute atomic E-state index is 0.0597. The number of carboxylic acids is 1. The zero-order valence-corrected chi connectivity index (χ0v) is 26.7. The number of rotatable bonds is 12. The highest BCUT2D eigenvalue weighted by Gasteiger charge is 2.32. The zero-order chi connectivity index (χ0) is 34.0. The highest BCUT2D eigenvalue weighted by molar-refractivity contribution is 6.30. The average molecular weight is 645 g/mol. The maximum absolute atomic E-state index is 13.4. The van der Waals surface area contributed by atoms with E-state index in [2.05, 4.69) is 28.6 Å². The number of benzene rings is 2. The normalized spacial score (nSPS) is 11.9. The lowest BCUT2D eigenvalue weighted by molar-refractivity contribution is -0.139. The highest BCUT2D eigenvalue weighted by atomic mass is 35.5. The van der Waals surface area contributed by atoms with E-state index in [1.807, 2.05) is 39.8 Å². The van der Waals surface area contributed by atoms with Gasteiger partial charge in [-0.25, -0.2) is 14.5 Å². The molecule has 0 saturated heterocycles. The number of carbonyl (C=O) groups is 2. The molecule has 0 bridgehead atoms. The van der Waals surface area contributed by atoms with Gasteiger partial charge in [0, 0.05) is 17.0 Å². The number of unbranched alkanes of at least 4 members (excludes halogenated alkanes) is 1. The first-order valence-corrected chi connectivity index (χ1v) is 14.8. The number of aliphatic carboxylic acids is 1. The maximum atomic E-state index is 13.4. The molecule has 0 saturated carbocycles. The van der Waals surface area contributed by atoms with Gasteiger partial charge in [-0.1, -0.05) is 81.0 Å². The largest absolute Gasteiger partial charge is 0.480 e. The molecule has 0 radical (unpaired) electrons. The van der Waals surface area contributed by atoms with Crippen LogP contribution in [0.4, 0.5) is 13.2 Å². The lowest BCUT2D eigenvalue weighted by Gasteiger charge is -2.15. The van der Waals surface area contributed by atoms with Crippen LogP contribution in [-0.4, -0.2) is 37.8 Å². The minimum Gasteiger partial charge on any atom is -0.480 e. The van der Waals surface area contributed by atoms with Crippen LogP contribution in [-0.2, 0) is 17.4 Å². The van der Waals surface area contributed by atoms with Crippen molar-refractivity contribution in [2.45, 2.75) is 65.6 Å². The Morgan fingerprint density at radius 2 is 1.76 bits per heavy atom. The molecule has 2 aromatic carbocycles. The molecule has 2 N–H and O–H groups in total. The van der Waals surface area contributed by atoms with Gasteiger partial charge in [0.2, 0.25) is 5.82 Å². The summed E-state index contributed by atoms with van der Waals surface area (Å²) < 4.78 is 41.3. The molecule has 0 aliphatic rings. The molecule has 1 amide bonds. The Morgan fingerprint density at radius 1 is 1.11 bits per heavy atom. The molecule has 1 aromatic heterocycles. The Labute approximate surface area is 267 Å². The van der Waals surface area contributed by atoms with Gasteiger partial charge in [-0.05, 0) is 62.1 Å². The van der Waals surface area contributed by atoms with E-state index >= 15 is 0 Å². The standard InChI is InChI=1S/C29H28ClF3N4O3.C3H6.C2H6/c1-3-5-6-7-10-20(9-4-2)25-35-26(37(36-25)23-12-8-11-21(18-23)29(31,32)33)27(38)34-24(28(39)40)17-19-13-15-22(30)16-14-19;1-3-2;1-2/h3,7-16,18,24H,1,4-6,17H2,2H3,(H,34,38)(H,39,40);3H,1H2,2H3;1-2H3/b10-7-,20-9+;;. The number of nitrogens with one attached hydrogen (secondary N) is 1. The van der Waals surface area contributed by atoms with Crippen LogP contribution in [0.2, 0.25) is 5.02 Å². The van der Waals surface area contributed by atoms with Crippen LogP contribution in [0, 0.1) is 0 Å². The second-order valence-corrected chi connectivity index (χ2v) is 9.59. The number of nitrogens with zero attached hydrogens (tertiary/aromatic N) is 3. The summed E-state index contributed by atoms with van der Waals surface area (Å²) in [7, 11) is 0. The van der Waals surface area contributed by atoms with Crippen molar-refractivity contribution < 1.29 is 27.9 Å². The molecule has 0 spiro atoms. The smallest absolute Gasteiger partial charge is 0.416 e. The van der Waals surface area contributed by atoms with Crippen molar-refractivity contribution in [3.63, 3.8) is 0 Å². The van der Waals surface area contributed by atoms with E-state index < -0.39 is 29.7 Å². The van der Waals surface area contributed by atoms with Crippen molar-refractivity contribution in [2.24, 2.45) is 0 Å². The number of aromatic nitrogens is 3. The monoisotopic (exact) mass is 644 g/mol. The fraction of sp³-hybridized carbons (Fsp3) is 0.294. The fourth-order valence-electron chi connectivity index (χ4n) is 3.73.